The van der Waals surface area contributed by atoms with Gasteiger partial charge in [0.05, 0.1) is 6.04 Å². The molecule has 6 nitrogen and oxygen atoms in total. The maximum atomic E-state index is 11.9. The van der Waals surface area contributed by atoms with Gasteiger partial charge < -0.3 is 10.6 Å². The number of hydrogen-bond acceptors (Lipinski definition) is 4. The Hall–Kier alpha value is -2.21. The number of rotatable bonds is 6. The van der Waals surface area contributed by atoms with Crippen LogP contribution >= 0.6 is 0 Å². The SMILES string of the molecule is CC(NCc1n[nH]nc1-c1ccccc1)C(=O)NC1CC1. The lowest BCUT2D eigenvalue weighted by molar-refractivity contribution is -0.122. The Morgan fingerprint density at radius 1 is 1.33 bits per heavy atom. The molecule has 1 aromatic heterocycles. The number of benzene rings is 1. The third kappa shape index (κ3) is 3.46. The van der Waals surface area contributed by atoms with E-state index in [4.69, 9.17) is 0 Å². The molecule has 0 aliphatic heterocycles. The second-order valence-corrected chi connectivity index (χ2v) is 5.37. The predicted molar refractivity (Wildman–Crippen MR) is 79.3 cm³/mol. The van der Waals surface area contributed by atoms with E-state index >= 15 is 0 Å². The Kier molecular flexibility index (Phi) is 3.96. The van der Waals surface area contributed by atoms with Crippen LogP contribution in [-0.4, -0.2) is 33.4 Å². The zero-order valence-corrected chi connectivity index (χ0v) is 12.0. The molecule has 0 bridgehead atoms. The highest BCUT2D eigenvalue weighted by Crippen LogP contribution is 2.19. The molecule has 21 heavy (non-hydrogen) atoms. The summed E-state index contributed by atoms with van der Waals surface area (Å²) in [5, 5.41) is 17.2. The molecule has 1 aliphatic carbocycles. The van der Waals surface area contributed by atoms with Gasteiger partial charge in [-0.2, -0.15) is 15.4 Å². The third-order valence-electron chi connectivity index (χ3n) is 3.56. The van der Waals surface area contributed by atoms with Gasteiger partial charge in [-0.1, -0.05) is 30.3 Å². The molecule has 1 heterocycles. The third-order valence-corrected chi connectivity index (χ3v) is 3.56. The lowest BCUT2D eigenvalue weighted by atomic mass is 10.1. The van der Waals surface area contributed by atoms with Crippen LogP contribution in [0.3, 0.4) is 0 Å². The lowest BCUT2D eigenvalue weighted by Crippen LogP contribution is -2.42. The summed E-state index contributed by atoms with van der Waals surface area (Å²) in [5.74, 6) is 0.0438. The normalized spacial score (nSPS) is 15.7. The number of amides is 1. The van der Waals surface area contributed by atoms with Crippen molar-refractivity contribution in [3.8, 4) is 11.3 Å². The van der Waals surface area contributed by atoms with Gasteiger partial charge in [0.25, 0.3) is 0 Å². The Balaban J connectivity index is 1.60. The Morgan fingerprint density at radius 2 is 2.10 bits per heavy atom. The molecule has 3 rings (SSSR count). The van der Waals surface area contributed by atoms with Gasteiger partial charge in [-0.3, -0.25) is 4.79 Å². The second kappa shape index (κ2) is 6.05. The van der Waals surface area contributed by atoms with Crippen molar-refractivity contribution in [3.63, 3.8) is 0 Å². The van der Waals surface area contributed by atoms with Gasteiger partial charge >= 0.3 is 0 Å². The van der Waals surface area contributed by atoms with Gasteiger partial charge in [0.2, 0.25) is 5.91 Å². The number of nitrogens with zero attached hydrogens (tertiary/aromatic N) is 2. The average Bonchev–Trinajstić information content (AvgIpc) is 3.20. The van der Waals surface area contributed by atoms with E-state index in [0.29, 0.717) is 12.6 Å². The van der Waals surface area contributed by atoms with E-state index in [1.807, 2.05) is 37.3 Å². The predicted octanol–water partition coefficient (Wildman–Crippen LogP) is 1.23. The smallest absolute Gasteiger partial charge is 0.237 e. The van der Waals surface area contributed by atoms with Gasteiger partial charge in [0, 0.05) is 18.2 Å². The molecule has 1 unspecified atom stereocenters. The lowest BCUT2D eigenvalue weighted by Gasteiger charge is -2.13. The van der Waals surface area contributed by atoms with Crippen molar-refractivity contribution >= 4 is 5.91 Å². The van der Waals surface area contributed by atoms with E-state index in [0.717, 1.165) is 29.8 Å². The van der Waals surface area contributed by atoms with Gasteiger partial charge in [0.15, 0.2) is 0 Å². The number of aromatic nitrogens is 3. The van der Waals surface area contributed by atoms with Crippen LogP contribution in [0.1, 0.15) is 25.5 Å². The molecule has 1 aliphatic rings. The molecular formula is C15H19N5O. The van der Waals surface area contributed by atoms with Crippen LogP contribution in [0.15, 0.2) is 30.3 Å². The molecular weight excluding hydrogens is 266 g/mol. The molecule has 6 heteroatoms. The maximum absolute atomic E-state index is 11.9. The largest absolute Gasteiger partial charge is 0.352 e. The minimum absolute atomic E-state index is 0.0438. The summed E-state index contributed by atoms with van der Waals surface area (Å²) in [7, 11) is 0. The van der Waals surface area contributed by atoms with Crippen molar-refractivity contribution in [2.45, 2.75) is 38.4 Å². The molecule has 0 saturated heterocycles. The first-order valence-electron chi connectivity index (χ1n) is 7.23. The number of H-pyrrole nitrogens is 1. The number of carbonyl (C=O) groups excluding carboxylic acids is 1. The highest BCUT2D eigenvalue weighted by Gasteiger charge is 2.25. The van der Waals surface area contributed by atoms with Crippen LogP contribution in [0, 0.1) is 0 Å². The minimum atomic E-state index is -0.245. The van der Waals surface area contributed by atoms with Gasteiger partial charge in [-0.25, -0.2) is 0 Å². The van der Waals surface area contributed by atoms with Gasteiger partial charge in [-0.15, -0.1) is 0 Å². The zero-order valence-electron chi connectivity index (χ0n) is 12.0. The first kappa shape index (κ1) is 13.8. The minimum Gasteiger partial charge on any atom is -0.352 e. The monoisotopic (exact) mass is 285 g/mol. The van der Waals surface area contributed by atoms with Crippen LogP contribution in [0.5, 0.6) is 0 Å². The topological polar surface area (TPSA) is 82.7 Å². The van der Waals surface area contributed by atoms with E-state index in [1.54, 1.807) is 0 Å². The average molecular weight is 285 g/mol. The molecule has 1 fully saturated rings. The second-order valence-electron chi connectivity index (χ2n) is 5.37. The van der Waals surface area contributed by atoms with Crippen molar-refractivity contribution in [1.82, 2.24) is 26.0 Å². The number of aromatic amines is 1. The van der Waals surface area contributed by atoms with Crippen molar-refractivity contribution in [3.05, 3.63) is 36.0 Å². The highest BCUT2D eigenvalue weighted by atomic mass is 16.2. The van der Waals surface area contributed by atoms with E-state index in [-0.39, 0.29) is 11.9 Å². The van der Waals surface area contributed by atoms with E-state index in [9.17, 15) is 4.79 Å². The molecule has 3 N–H and O–H groups in total. The Morgan fingerprint density at radius 3 is 2.81 bits per heavy atom. The molecule has 1 amide bonds. The van der Waals surface area contributed by atoms with Crippen molar-refractivity contribution < 1.29 is 4.79 Å². The van der Waals surface area contributed by atoms with Crippen molar-refractivity contribution in [1.29, 1.82) is 0 Å². The fourth-order valence-corrected chi connectivity index (χ4v) is 2.10. The van der Waals surface area contributed by atoms with E-state index < -0.39 is 0 Å². The summed E-state index contributed by atoms with van der Waals surface area (Å²) in [4.78, 5) is 11.9. The van der Waals surface area contributed by atoms with Crippen LogP contribution in [0.25, 0.3) is 11.3 Å². The van der Waals surface area contributed by atoms with Gasteiger partial charge in [0.1, 0.15) is 11.4 Å². The summed E-state index contributed by atoms with van der Waals surface area (Å²) in [6.45, 7) is 2.36. The van der Waals surface area contributed by atoms with Crippen molar-refractivity contribution in [2.75, 3.05) is 0 Å². The number of carbonyl (C=O) groups is 1. The molecule has 1 saturated carbocycles. The molecule has 0 spiro atoms. The van der Waals surface area contributed by atoms with E-state index in [2.05, 4.69) is 26.0 Å². The summed E-state index contributed by atoms with van der Waals surface area (Å²) in [6, 6.07) is 10.0. The van der Waals surface area contributed by atoms with Gasteiger partial charge in [-0.05, 0) is 19.8 Å². The van der Waals surface area contributed by atoms with Crippen molar-refractivity contribution in [2.24, 2.45) is 0 Å². The standard InChI is InChI=1S/C15H19N5O/c1-10(15(21)17-12-7-8-12)16-9-13-14(19-20-18-13)11-5-3-2-4-6-11/h2-6,10,12,16H,7-9H2,1H3,(H,17,21)(H,18,19,20). The summed E-state index contributed by atoms with van der Waals surface area (Å²) in [5.41, 5.74) is 2.64. The Labute approximate surface area is 123 Å². The fourth-order valence-electron chi connectivity index (χ4n) is 2.10. The maximum Gasteiger partial charge on any atom is 0.237 e. The molecule has 0 radical (unpaired) electrons. The van der Waals surface area contributed by atoms with Crippen LogP contribution in [0.4, 0.5) is 0 Å². The van der Waals surface area contributed by atoms with Crippen LogP contribution in [-0.2, 0) is 11.3 Å². The molecule has 1 aromatic carbocycles. The number of hydrogen-bond donors (Lipinski definition) is 3. The quantitative estimate of drug-likeness (QED) is 0.745. The van der Waals surface area contributed by atoms with Crippen LogP contribution < -0.4 is 10.6 Å². The Bertz CT molecular complexity index is 606. The first-order chi connectivity index (χ1) is 10.2. The molecule has 110 valence electrons. The molecule has 1 atom stereocenters. The fraction of sp³-hybridized carbons (Fsp3) is 0.400. The highest BCUT2D eigenvalue weighted by molar-refractivity contribution is 5.81. The first-order valence-corrected chi connectivity index (χ1v) is 7.23. The van der Waals surface area contributed by atoms with Crippen LogP contribution in [0.2, 0.25) is 0 Å². The molecule has 2 aromatic rings. The summed E-state index contributed by atoms with van der Waals surface area (Å²) >= 11 is 0. The summed E-state index contributed by atoms with van der Waals surface area (Å²) < 4.78 is 0. The van der Waals surface area contributed by atoms with E-state index in [1.165, 1.54) is 0 Å². The summed E-state index contributed by atoms with van der Waals surface area (Å²) in [6.07, 6.45) is 2.19. The number of nitrogens with one attached hydrogen (secondary N) is 3. The zero-order chi connectivity index (χ0) is 14.7.